The van der Waals surface area contributed by atoms with Gasteiger partial charge in [0.25, 0.3) is 5.89 Å². The molecule has 3 aromatic rings. The second-order valence-corrected chi connectivity index (χ2v) is 4.94. The lowest BCUT2D eigenvalue weighted by molar-refractivity contribution is 0.432. The smallest absolute Gasteiger partial charge is 0.261 e. The molecule has 0 atom stereocenters. The highest BCUT2D eigenvalue weighted by Crippen LogP contribution is 2.30. The summed E-state index contributed by atoms with van der Waals surface area (Å²) in [6.45, 7) is 2.04. The highest BCUT2D eigenvalue weighted by Gasteiger charge is 2.13. The Labute approximate surface area is 108 Å². The van der Waals surface area contributed by atoms with E-state index in [0.29, 0.717) is 16.7 Å². The molecule has 4 nitrogen and oxygen atoms in total. The number of rotatable bonds is 2. The monoisotopic (exact) mass is 257 g/mol. The topological polar surface area (TPSA) is 64.9 Å². The SMILES string of the molecule is Cc1ccc(-c2noc(-c3ccsc3N)n2)cc1. The van der Waals surface area contributed by atoms with Crippen molar-refractivity contribution in [3.8, 4) is 22.8 Å². The Morgan fingerprint density at radius 3 is 2.61 bits per heavy atom. The summed E-state index contributed by atoms with van der Waals surface area (Å²) < 4.78 is 5.24. The molecule has 3 rings (SSSR count). The van der Waals surface area contributed by atoms with Crippen LogP contribution in [-0.4, -0.2) is 10.1 Å². The van der Waals surface area contributed by atoms with Crippen molar-refractivity contribution in [1.29, 1.82) is 0 Å². The van der Waals surface area contributed by atoms with Gasteiger partial charge in [-0.15, -0.1) is 11.3 Å². The highest BCUT2D eigenvalue weighted by molar-refractivity contribution is 7.14. The number of nitrogens with two attached hydrogens (primary N) is 1. The Morgan fingerprint density at radius 1 is 1.17 bits per heavy atom. The van der Waals surface area contributed by atoms with E-state index in [4.69, 9.17) is 10.3 Å². The summed E-state index contributed by atoms with van der Waals surface area (Å²) in [5.41, 5.74) is 8.76. The summed E-state index contributed by atoms with van der Waals surface area (Å²) in [5, 5.41) is 6.57. The molecule has 2 heterocycles. The van der Waals surface area contributed by atoms with Crippen molar-refractivity contribution in [3.63, 3.8) is 0 Å². The first-order valence-electron chi connectivity index (χ1n) is 5.48. The van der Waals surface area contributed by atoms with Crippen LogP contribution in [0.15, 0.2) is 40.2 Å². The fraction of sp³-hybridized carbons (Fsp3) is 0.0769. The molecule has 0 amide bonds. The Balaban J connectivity index is 1.99. The number of nitrogen functional groups attached to an aromatic ring is 1. The van der Waals surface area contributed by atoms with E-state index < -0.39 is 0 Å². The first-order chi connectivity index (χ1) is 8.74. The van der Waals surface area contributed by atoms with Gasteiger partial charge in [0.15, 0.2) is 0 Å². The Morgan fingerprint density at radius 2 is 1.94 bits per heavy atom. The zero-order valence-electron chi connectivity index (χ0n) is 9.75. The van der Waals surface area contributed by atoms with E-state index >= 15 is 0 Å². The quantitative estimate of drug-likeness (QED) is 0.764. The van der Waals surface area contributed by atoms with Gasteiger partial charge in [-0.05, 0) is 18.4 Å². The molecule has 0 saturated heterocycles. The van der Waals surface area contributed by atoms with Crippen LogP contribution in [0, 0.1) is 6.92 Å². The molecule has 0 radical (unpaired) electrons. The number of anilines is 1. The number of hydrogen-bond donors (Lipinski definition) is 1. The van der Waals surface area contributed by atoms with Crippen LogP contribution in [-0.2, 0) is 0 Å². The second kappa shape index (κ2) is 4.27. The van der Waals surface area contributed by atoms with Crippen molar-refractivity contribution >= 4 is 16.3 Å². The zero-order chi connectivity index (χ0) is 12.5. The maximum Gasteiger partial charge on any atom is 0.261 e. The molecule has 0 fully saturated rings. The lowest BCUT2D eigenvalue weighted by Gasteiger charge is -1.94. The van der Waals surface area contributed by atoms with Gasteiger partial charge >= 0.3 is 0 Å². The number of nitrogens with zero attached hydrogens (tertiary/aromatic N) is 2. The minimum Gasteiger partial charge on any atom is -0.390 e. The summed E-state index contributed by atoms with van der Waals surface area (Å²) >= 11 is 1.46. The lowest BCUT2D eigenvalue weighted by Crippen LogP contribution is -1.84. The first kappa shape index (κ1) is 11.0. The number of benzene rings is 1. The van der Waals surface area contributed by atoms with Crippen molar-refractivity contribution < 1.29 is 4.52 Å². The Bertz CT molecular complexity index is 670. The van der Waals surface area contributed by atoms with E-state index in [-0.39, 0.29) is 0 Å². The molecular formula is C13H11N3OS. The van der Waals surface area contributed by atoms with Gasteiger partial charge in [0.05, 0.1) is 10.6 Å². The normalized spacial score (nSPS) is 10.7. The maximum absolute atomic E-state index is 5.83. The molecule has 18 heavy (non-hydrogen) atoms. The van der Waals surface area contributed by atoms with Crippen LogP contribution >= 0.6 is 11.3 Å². The van der Waals surface area contributed by atoms with Gasteiger partial charge in [-0.2, -0.15) is 4.98 Å². The average Bonchev–Trinajstić information content (AvgIpc) is 2.98. The van der Waals surface area contributed by atoms with Crippen LogP contribution in [0.3, 0.4) is 0 Å². The van der Waals surface area contributed by atoms with E-state index in [9.17, 15) is 0 Å². The molecule has 0 spiro atoms. The van der Waals surface area contributed by atoms with Gasteiger partial charge in [0.1, 0.15) is 0 Å². The predicted molar refractivity (Wildman–Crippen MR) is 72.2 cm³/mol. The molecule has 1 aromatic carbocycles. The van der Waals surface area contributed by atoms with Crippen molar-refractivity contribution in [2.75, 3.05) is 5.73 Å². The van der Waals surface area contributed by atoms with E-state index in [1.54, 1.807) is 0 Å². The number of hydrogen-bond acceptors (Lipinski definition) is 5. The van der Waals surface area contributed by atoms with Crippen LogP contribution < -0.4 is 5.73 Å². The zero-order valence-corrected chi connectivity index (χ0v) is 10.6. The molecule has 0 aliphatic carbocycles. The van der Waals surface area contributed by atoms with Crippen molar-refractivity contribution in [1.82, 2.24) is 10.1 Å². The van der Waals surface area contributed by atoms with Gasteiger partial charge in [-0.25, -0.2) is 0 Å². The summed E-state index contributed by atoms with van der Waals surface area (Å²) in [7, 11) is 0. The van der Waals surface area contributed by atoms with Crippen LogP contribution in [0.1, 0.15) is 5.56 Å². The summed E-state index contributed by atoms with van der Waals surface area (Å²) in [5.74, 6) is 1.04. The minimum absolute atomic E-state index is 0.462. The Hall–Kier alpha value is -2.14. The molecule has 0 aliphatic rings. The molecule has 0 saturated carbocycles. The molecule has 5 heteroatoms. The molecule has 2 aromatic heterocycles. The van der Waals surface area contributed by atoms with Gasteiger partial charge in [-0.3, -0.25) is 0 Å². The van der Waals surface area contributed by atoms with E-state index in [1.165, 1.54) is 16.9 Å². The van der Waals surface area contributed by atoms with Crippen LogP contribution in [0.5, 0.6) is 0 Å². The third-order valence-electron chi connectivity index (χ3n) is 2.66. The predicted octanol–water partition coefficient (Wildman–Crippen LogP) is 3.36. The third-order valence-corrected chi connectivity index (χ3v) is 3.41. The lowest BCUT2D eigenvalue weighted by atomic mass is 10.1. The standard InChI is InChI=1S/C13H11N3OS/c1-8-2-4-9(5-3-8)12-15-13(17-16-12)10-6-7-18-11(10)14/h2-7H,14H2,1H3. The maximum atomic E-state index is 5.83. The molecule has 2 N–H and O–H groups in total. The first-order valence-corrected chi connectivity index (χ1v) is 6.36. The number of aromatic nitrogens is 2. The average molecular weight is 257 g/mol. The number of aryl methyl sites for hydroxylation is 1. The van der Waals surface area contributed by atoms with E-state index in [0.717, 1.165) is 11.1 Å². The fourth-order valence-electron chi connectivity index (χ4n) is 1.65. The summed E-state index contributed by atoms with van der Waals surface area (Å²) in [6, 6.07) is 9.86. The molecular weight excluding hydrogens is 246 g/mol. The van der Waals surface area contributed by atoms with Crippen LogP contribution in [0.4, 0.5) is 5.00 Å². The van der Waals surface area contributed by atoms with E-state index in [2.05, 4.69) is 10.1 Å². The van der Waals surface area contributed by atoms with Gasteiger partial charge in [0, 0.05) is 5.56 Å². The van der Waals surface area contributed by atoms with Gasteiger partial charge < -0.3 is 10.3 Å². The Kier molecular flexibility index (Phi) is 2.60. The minimum atomic E-state index is 0.462. The molecule has 0 aliphatic heterocycles. The van der Waals surface area contributed by atoms with Crippen molar-refractivity contribution in [2.45, 2.75) is 6.92 Å². The third kappa shape index (κ3) is 1.89. The number of thiophene rings is 1. The summed E-state index contributed by atoms with van der Waals surface area (Å²) in [6.07, 6.45) is 0. The molecule has 0 unspecified atom stereocenters. The van der Waals surface area contributed by atoms with Crippen molar-refractivity contribution in [3.05, 3.63) is 41.3 Å². The molecule has 90 valence electrons. The van der Waals surface area contributed by atoms with Crippen LogP contribution in [0.25, 0.3) is 22.8 Å². The summed E-state index contributed by atoms with van der Waals surface area (Å²) in [4.78, 5) is 4.36. The van der Waals surface area contributed by atoms with Gasteiger partial charge in [0.2, 0.25) is 5.82 Å². The van der Waals surface area contributed by atoms with Crippen molar-refractivity contribution in [2.24, 2.45) is 0 Å². The largest absolute Gasteiger partial charge is 0.390 e. The van der Waals surface area contributed by atoms with E-state index in [1.807, 2.05) is 42.6 Å². The van der Waals surface area contributed by atoms with Gasteiger partial charge in [-0.1, -0.05) is 35.0 Å². The fourth-order valence-corrected chi connectivity index (χ4v) is 2.28. The highest BCUT2D eigenvalue weighted by atomic mass is 32.1. The van der Waals surface area contributed by atoms with Crippen LogP contribution in [0.2, 0.25) is 0 Å². The second-order valence-electron chi connectivity index (χ2n) is 3.99. The molecule has 0 bridgehead atoms.